The Kier molecular flexibility index (Phi) is 4.22. The minimum atomic E-state index is -0.163. The molecule has 5 heteroatoms. The van der Waals surface area contributed by atoms with Crippen molar-refractivity contribution in [3.05, 3.63) is 59.0 Å². The smallest absolute Gasteiger partial charge is 0.272 e. The highest BCUT2D eigenvalue weighted by molar-refractivity contribution is 6.04. The second-order valence-corrected chi connectivity index (χ2v) is 6.66. The van der Waals surface area contributed by atoms with Gasteiger partial charge in [0, 0.05) is 12.4 Å². The van der Waals surface area contributed by atoms with Crippen LogP contribution >= 0.6 is 0 Å². The number of H-pyrrole nitrogens is 1. The first-order valence-corrected chi connectivity index (χ1v) is 8.97. The monoisotopic (exact) mass is 334 g/mol. The van der Waals surface area contributed by atoms with Crippen molar-refractivity contribution >= 4 is 16.8 Å². The molecule has 2 N–H and O–H groups in total. The summed E-state index contributed by atoms with van der Waals surface area (Å²) >= 11 is 0. The number of carbonyl (C=O) groups excluding carboxylic acids is 1. The minimum absolute atomic E-state index is 0.0110. The largest absolute Gasteiger partial charge is 0.344 e. The van der Waals surface area contributed by atoms with Gasteiger partial charge in [-0.25, -0.2) is 0 Å². The summed E-state index contributed by atoms with van der Waals surface area (Å²) in [6.45, 7) is 2.09. The molecule has 2 aromatic heterocycles. The quantitative estimate of drug-likeness (QED) is 0.764. The molecular weight excluding hydrogens is 312 g/mol. The van der Waals surface area contributed by atoms with Crippen molar-refractivity contribution in [2.45, 2.75) is 45.1 Å². The van der Waals surface area contributed by atoms with Crippen LogP contribution < -0.4 is 5.32 Å². The number of amides is 1. The molecule has 0 radical (unpaired) electrons. The first kappa shape index (κ1) is 15.8. The van der Waals surface area contributed by atoms with Crippen LogP contribution in [0.4, 0.5) is 0 Å². The molecule has 1 unspecified atom stereocenters. The molecule has 128 valence electrons. The SMILES string of the molecule is CCC(NC(=O)c1n[nH]c2ccncc12)c1ccc2c(c1)CCCC2. The molecule has 0 saturated heterocycles. The number of nitrogens with zero attached hydrogens (tertiary/aromatic N) is 2. The van der Waals surface area contributed by atoms with Crippen molar-refractivity contribution in [2.24, 2.45) is 0 Å². The van der Waals surface area contributed by atoms with Crippen molar-refractivity contribution < 1.29 is 4.79 Å². The van der Waals surface area contributed by atoms with E-state index in [1.54, 1.807) is 12.4 Å². The van der Waals surface area contributed by atoms with Crippen molar-refractivity contribution in [3.8, 4) is 0 Å². The van der Waals surface area contributed by atoms with E-state index < -0.39 is 0 Å². The maximum atomic E-state index is 12.7. The number of nitrogens with one attached hydrogen (secondary N) is 2. The van der Waals surface area contributed by atoms with E-state index in [-0.39, 0.29) is 11.9 Å². The number of benzene rings is 1. The van der Waals surface area contributed by atoms with Crippen molar-refractivity contribution in [2.75, 3.05) is 0 Å². The van der Waals surface area contributed by atoms with Gasteiger partial charge in [-0.05, 0) is 54.9 Å². The van der Waals surface area contributed by atoms with Crippen LogP contribution in [0.25, 0.3) is 10.9 Å². The maximum Gasteiger partial charge on any atom is 0.272 e. The van der Waals surface area contributed by atoms with Crippen molar-refractivity contribution in [1.82, 2.24) is 20.5 Å². The van der Waals surface area contributed by atoms with Gasteiger partial charge in [0.25, 0.3) is 5.91 Å². The first-order valence-electron chi connectivity index (χ1n) is 8.97. The summed E-state index contributed by atoms with van der Waals surface area (Å²) in [7, 11) is 0. The molecule has 0 saturated carbocycles. The van der Waals surface area contributed by atoms with Gasteiger partial charge in [-0.1, -0.05) is 25.1 Å². The van der Waals surface area contributed by atoms with Crippen molar-refractivity contribution in [1.29, 1.82) is 0 Å². The second kappa shape index (κ2) is 6.67. The summed E-state index contributed by atoms with van der Waals surface area (Å²) in [4.78, 5) is 16.8. The van der Waals surface area contributed by atoms with Crippen molar-refractivity contribution in [3.63, 3.8) is 0 Å². The molecule has 0 aliphatic heterocycles. The molecule has 5 nitrogen and oxygen atoms in total. The number of aromatic nitrogens is 3. The second-order valence-electron chi connectivity index (χ2n) is 6.66. The molecule has 3 aromatic rings. The summed E-state index contributed by atoms with van der Waals surface area (Å²) in [5.41, 5.74) is 5.29. The van der Waals surface area contributed by atoms with E-state index in [4.69, 9.17) is 0 Å². The highest BCUT2D eigenvalue weighted by Gasteiger charge is 2.20. The number of aryl methyl sites for hydroxylation is 2. The van der Waals surface area contributed by atoms with Gasteiger partial charge < -0.3 is 5.32 Å². The summed E-state index contributed by atoms with van der Waals surface area (Å²) in [6.07, 6.45) is 9.05. The van der Waals surface area contributed by atoms with Gasteiger partial charge >= 0.3 is 0 Å². The average Bonchev–Trinajstić information content (AvgIpc) is 3.10. The third-order valence-corrected chi connectivity index (χ3v) is 5.07. The number of fused-ring (bicyclic) bond motifs is 2. The lowest BCUT2D eigenvalue weighted by Crippen LogP contribution is -2.28. The lowest BCUT2D eigenvalue weighted by molar-refractivity contribution is 0.0932. The van der Waals surface area contributed by atoms with E-state index in [1.807, 2.05) is 6.07 Å². The number of carbonyl (C=O) groups is 1. The number of rotatable bonds is 4. The molecule has 1 amide bonds. The van der Waals surface area contributed by atoms with Crippen LogP contribution in [0.1, 0.15) is 59.4 Å². The molecule has 25 heavy (non-hydrogen) atoms. The number of aromatic amines is 1. The zero-order chi connectivity index (χ0) is 17.2. The highest BCUT2D eigenvalue weighted by atomic mass is 16.2. The van der Waals surface area contributed by atoms with Gasteiger partial charge in [0.1, 0.15) is 0 Å². The zero-order valence-corrected chi connectivity index (χ0v) is 14.4. The van der Waals surface area contributed by atoms with E-state index in [0.29, 0.717) is 5.69 Å². The van der Waals surface area contributed by atoms with E-state index >= 15 is 0 Å². The lowest BCUT2D eigenvalue weighted by atomic mass is 9.89. The Labute approximate surface area is 146 Å². The van der Waals surface area contributed by atoms with E-state index in [0.717, 1.165) is 23.7 Å². The Hall–Kier alpha value is -2.69. The van der Waals surface area contributed by atoms with Gasteiger partial charge in [0.15, 0.2) is 5.69 Å². The Morgan fingerprint density at radius 3 is 2.92 bits per heavy atom. The zero-order valence-electron chi connectivity index (χ0n) is 14.4. The van der Waals surface area contributed by atoms with E-state index in [2.05, 4.69) is 45.6 Å². The van der Waals surface area contributed by atoms with E-state index in [9.17, 15) is 4.79 Å². The summed E-state index contributed by atoms with van der Waals surface area (Å²) in [5.74, 6) is -0.163. The molecule has 1 aromatic carbocycles. The molecule has 0 spiro atoms. The molecule has 4 rings (SSSR count). The van der Waals surface area contributed by atoms with Crippen LogP contribution in [0.5, 0.6) is 0 Å². The van der Waals surface area contributed by atoms with Gasteiger partial charge in [-0.2, -0.15) is 5.10 Å². The molecule has 1 aliphatic rings. The number of pyridine rings is 1. The van der Waals surface area contributed by atoms with Crippen LogP contribution in [0.2, 0.25) is 0 Å². The lowest BCUT2D eigenvalue weighted by Gasteiger charge is -2.21. The van der Waals surface area contributed by atoms with Gasteiger partial charge in [-0.15, -0.1) is 0 Å². The summed E-state index contributed by atoms with van der Waals surface area (Å²) in [6, 6.07) is 8.46. The molecule has 1 atom stereocenters. The highest BCUT2D eigenvalue weighted by Crippen LogP contribution is 2.26. The Bertz CT molecular complexity index is 915. The third kappa shape index (κ3) is 3.02. The average molecular weight is 334 g/mol. The minimum Gasteiger partial charge on any atom is -0.344 e. The van der Waals surface area contributed by atoms with Crippen LogP contribution in [-0.2, 0) is 12.8 Å². The molecule has 0 bridgehead atoms. The molecule has 1 aliphatic carbocycles. The fourth-order valence-electron chi connectivity index (χ4n) is 3.65. The van der Waals surface area contributed by atoms with Crippen LogP contribution in [0.15, 0.2) is 36.7 Å². The predicted octanol–water partition coefficient (Wildman–Crippen LogP) is 3.72. The van der Waals surface area contributed by atoms with Gasteiger partial charge in [0.2, 0.25) is 0 Å². The normalized spacial score (nSPS) is 14.9. The standard InChI is InChI=1S/C20H22N4O/c1-2-17(15-8-7-13-5-3-4-6-14(13)11-15)22-20(25)19-16-12-21-10-9-18(16)23-24-19/h7-12,17H,2-6H2,1H3,(H,22,25)(H,23,24). The summed E-state index contributed by atoms with van der Waals surface area (Å²) in [5, 5.41) is 10.9. The van der Waals surface area contributed by atoms with Gasteiger partial charge in [0.05, 0.1) is 16.9 Å². The first-order chi connectivity index (χ1) is 12.3. The summed E-state index contributed by atoms with van der Waals surface area (Å²) < 4.78 is 0. The Balaban J connectivity index is 1.58. The Morgan fingerprint density at radius 1 is 1.24 bits per heavy atom. The molecule has 2 heterocycles. The Morgan fingerprint density at radius 2 is 2.08 bits per heavy atom. The predicted molar refractivity (Wildman–Crippen MR) is 97.5 cm³/mol. The van der Waals surface area contributed by atoms with Gasteiger partial charge in [-0.3, -0.25) is 14.9 Å². The fourth-order valence-corrected chi connectivity index (χ4v) is 3.65. The molecular formula is C20H22N4O. The fraction of sp³-hybridized carbons (Fsp3) is 0.350. The number of hydrogen-bond donors (Lipinski definition) is 2. The van der Waals surface area contributed by atoms with Crippen LogP contribution in [-0.4, -0.2) is 21.1 Å². The number of hydrogen-bond acceptors (Lipinski definition) is 3. The van der Waals surface area contributed by atoms with E-state index in [1.165, 1.54) is 36.0 Å². The van der Waals surface area contributed by atoms with Crippen LogP contribution in [0.3, 0.4) is 0 Å². The third-order valence-electron chi connectivity index (χ3n) is 5.07. The topological polar surface area (TPSA) is 70.7 Å². The maximum absolute atomic E-state index is 12.7. The molecule has 0 fully saturated rings. The van der Waals surface area contributed by atoms with Crippen LogP contribution in [0, 0.1) is 0 Å².